The summed E-state index contributed by atoms with van der Waals surface area (Å²) in [5.74, 6) is 0. The Bertz CT molecular complexity index is 290. The summed E-state index contributed by atoms with van der Waals surface area (Å²) in [6, 6.07) is 4.79. The average Bonchev–Trinajstić information content (AvgIpc) is 2.23. The van der Waals surface area contributed by atoms with Crippen LogP contribution in [0.5, 0.6) is 0 Å². The van der Waals surface area contributed by atoms with Gasteiger partial charge in [-0.05, 0) is 31.9 Å². The zero-order valence-corrected chi connectivity index (χ0v) is 8.79. The molecule has 1 fully saturated rings. The van der Waals surface area contributed by atoms with Crippen LogP contribution in [-0.2, 0) is 0 Å². The van der Waals surface area contributed by atoms with E-state index in [0.717, 1.165) is 5.69 Å². The van der Waals surface area contributed by atoms with Gasteiger partial charge in [-0.2, -0.15) is 0 Å². The predicted molar refractivity (Wildman–Crippen MR) is 59.5 cm³/mol. The van der Waals surface area contributed by atoms with Crippen molar-refractivity contribution < 1.29 is 0 Å². The lowest BCUT2D eigenvalue weighted by molar-refractivity contribution is 0.462. The summed E-state index contributed by atoms with van der Waals surface area (Å²) < 4.78 is 0. The van der Waals surface area contributed by atoms with E-state index in [0.29, 0.717) is 6.04 Å². The summed E-state index contributed by atoms with van der Waals surface area (Å²) in [4.78, 5) is 4.28. The molecule has 2 nitrogen and oxygen atoms in total. The number of aryl methyl sites for hydroxylation is 1. The third-order valence-electron chi connectivity index (χ3n) is 2.97. The Morgan fingerprint density at radius 3 is 2.79 bits per heavy atom. The molecule has 1 aliphatic rings. The Morgan fingerprint density at radius 1 is 1.29 bits per heavy atom. The predicted octanol–water partition coefficient (Wildman–Crippen LogP) is 3.13. The minimum absolute atomic E-state index is 0.673. The summed E-state index contributed by atoms with van der Waals surface area (Å²) >= 11 is 0. The van der Waals surface area contributed by atoms with Gasteiger partial charge in [-0.25, -0.2) is 0 Å². The fraction of sp³-hybridized carbons (Fsp3) is 0.583. The van der Waals surface area contributed by atoms with Crippen LogP contribution < -0.4 is 5.32 Å². The summed E-state index contributed by atoms with van der Waals surface area (Å²) in [5.41, 5.74) is 2.32. The Labute approximate surface area is 85.7 Å². The molecule has 0 atom stereocenters. The van der Waals surface area contributed by atoms with Crippen molar-refractivity contribution in [1.82, 2.24) is 4.98 Å². The number of anilines is 1. The second-order valence-corrected chi connectivity index (χ2v) is 4.12. The van der Waals surface area contributed by atoms with Crippen molar-refractivity contribution in [2.75, 3.05) is 5.32 Å². The third-order valence-corrected chi connectivity index (χ3v) is 2.97. The number of nitrogens with zero attached hydrogens (tertiary/aromatic N) is 1. The molecule has 0 saturated heterocycles. The van der Waals surface area contributed by atoms with E-state index in [9.17, 15) is 0 Å². The normalized spacial score (nSPS) is 18.1. The van der Waals surface area contributed by atoms with E-state index in [1.807, 2.05) is 12.3 Å². The summed E-state index contributed by atoms with van der Waals surface area (Å²) in [7, 11) is 0. The SMILES string of the molecule is Cc1ncccc1NC1CCCCC1. The number of nitrogens with one attached hydrogen (secondary N) is 1. The van der Waals surface area contributed by atoms with Gasteiger partial charge in [0, 0.05) is 12.2 Å². The van der Waals surface area contributed by atoms with Gasteiger partial charge in [-0.15, -0.1) is 0 Å². The van der Waals surface area contributed by atoms with E-state index in [-0.39, 0.29) is 0 Å². The van der Waals surface area contributed by atoms with Crippen molar-refractivity contribution in [2.45, 2.75) is 45.1 Å². The smallest absolute Gasteiger partial charge is 0.0603 e. The molecule has 2 rings (SSSR count). The van der Waals surface area contributed by atoms with E-state index in [1.165, 1.54) is 37.8 Å². The first-order chi connectivity index (χ1) is 6.86. The lowest BCUT2D eigenvalue weighted by atomic mass is 9.95. The van der Waals surface area contributed by atoms with Gasteiger partial charge < -0.3 is 5.32 Å². The molecule has 1 heterocycles. The third kappa shape index (κ3) is 2.25. The van der Waals surface area contributed by atoms with Crippen LogP contribution in [0.2, 0.25) is 0 Å². The minimum Gasteiger partial charge on any atom is -0.381 e. The summed E-state index contributed by atoms with van der Waals surface area (Å²) in [5, 5.41) is 3.59. The van der Waals surface area contributed by atoms with Crippen LogP contribution in [-0.4, -0.2) is 11.0 Å². The van der Waals surface area contributed by atoms with E-state index in [2.05, 4.69) is 23.3 Å². The van der Waals surface area contributed by atoms with E-state index in [4.69, 9.17) is 0 Å². The highest BCUT2D eigenvalue weighted by Gasteiger charge is 2.13. The van der Waals surface area contributed by atoms with Crippen molar-refractivity contribution in [3.8, 4) is 0 Å². The lowest BCUT2D eigenvalue weighted by Crippen LogP contribution is -2.22. The van der Waals surface area contributed by atoms with Crippen LogP contribution in [0.15, 0.2) is 18.3 Å². The first kappa shape index (κ1) is 9.50. The molecule has 1 aromatic heterocycles. The van der Waals surface area contributed by atoms with Gasteiger partial charge in [0.2, 0.25) is 0 Å². The molecule has 2 heteroatoms. The first-order valence-electron chi connectivity index (χ1n) is 5.54. The molecule has 0 amide bonds. The summed E-state index contributed by atoms with van der Waals surface area (Å²) in [6.45, 7) is 2.06. The maximum atomic E-state index is 4.28. The molecule has 0 aromatic carbocycles. The molecule has 0 bridgehead atoms. The van der Waals surface area contributed by atoms with E-state index >= 15 is 0 Å². The van der Waals surface area contributed by atoms with Gasteiger partial charge >= 0.3 is 0 Å². The Balaban J connectivity index is 1.99. The Kier molecular flexibility index (Phi) is 3.02. The molecule has 0 unspecified atom stereocenters. The van der Waals surface area contributed by atoms with Crippen molar-refractivity contribution in [3.05, 3.63) is 24.0 Å². The quantitative estimate of drug-likeness (QED) is 0.775. The molecule has 1 aromatic rings. The van der Waals surface area contributed by atoms with Crippen molar-refractivity contribution in [1.29, 1.82) is 0 Å². The maximum absolute atomic E-state index is 4.28. The van der Waals surface area contributed by atoms with Crippen LogP contribution in [0, 0.1) is 6.92 Å². The summed E-state index contributed by atoms with van der Waals surface area (Å²) in [6.07, 6.45) is 8.63. The van der Waals surface area contributed by atoms with Crippen molar-refractivity contribution >= 4 is 5.69 Å². The molecule has 1 saturated carbocycles. The second-order valence-electron chi connectivity index (χ2n) is 4.12. The first-order valence-corrected chi connectivity index (χ1v) is 5.54. The van der Waals surface area contributed by atoms with Crippen LogP contribution in [0.4, 0.5) is 5.69 Å². The van der Waals surface area contributed by atoms with Gasteiger partial charge in [-0.3, -0.25) is 4.98 Å². The van der Waals surface area contributed by atoms with Gasteiger partial charge in [0.15, 0.2) is 0 Å². The number of rotatable bonds is 2. The van der Waals surface area contributed by atoms with Crippen LogP contribution in [0.3, 0.4) is 0 Å². The highest BCUT2D eigenvalue weighted by molar-refractivity contribution is 5.47. The topological polar surface area (TPSA) is 24.9 Å². The average molecular weight is 190 g/mol. The molecule has 0 spiro atoms. The Hall–Kier alpha value is -1.05. The van der Waals surface area contributed by atoms with Crippen molar-refractivity contribution in [3.63, 3.8) is 0 Å². The largest absolute Gasteiger partial charge is 0.381 e. The zero-order valence-electron chi connectivity index (χ0n) is 8.79. The van der Waals surface area contributed by atoms with Gasteiger partial charge in [-0.1, -0.05) is 19.3 Å². The molecule has 76 valence electrons. The molecule has 0 radical (unpaired) electrons. The van der Waals surface area contributed by atoms with E-state index in [1.54, 1.807) is 0 Å². The molecular formula is C12H18N2. The maximum Gasteiger partial charge on any atom is 0.0603 e. The zero-order chi connectivity index (χ0) is 9.80. The van der Waals surface area contributed by atoms with Gasteiger partial charge in [0.25, 0.3) is 0 Å². The monoisotopic (exact) mass is 190 g/mol. The lowest BCUT2D eigenvalue weighted by Gasteiger charge is -2.24. The molecular weight excluding hydrogens is 172 g/mol. The standard InChI is InChI=1S/C12H18N2/c1-10-12(8-5-9-13-10)14-11-6-3-2-4-7-11/h5,8-9,11,14H,2-4,6-7H2,1H3. The highest BCUT2D eigenvalue weighted by atomic mass is 14.9. The number of hydrogen-bond acceptors (Lipinski definition) is 2. The fourth-order valence-corrected chi connectivity index (χ4v) is 2.10. The Morgan fingerprint density at radius 2 is 2.07 bits per heavy atom. The van der Waals surface area contributed by atoms with Gasteiger partial charge in [0.1, 0.15) is 0 Å². The molecule has 14 heavy (non-hydrogen) atoms. The van der Waals surface area contributed by atoms with Gasteiger partial charge in [0.05, 0.1) is 11.4 Å². The second kappa shape index (κ2) is 4.45. The number of pyridine rings is 1. The van der Waals surface area contributed by atoms with Crippen molar-refractivity contribution in [2.24, 2.45) is 0 Å². The molecule has 1 N–H and O–H groups in total. The fourth-order valence-electron chi connectivity index (χ4n) is 2.10. The van der Waals surface area contributed by atoms with Crippen LogP contribution in [0.25, 0.3) is 0 Å². The highest BCUT2D eigenvalue weighted by Crippen LogP contribution is 2.22. The molecule has 0 aliphatic heterocycles. The number of hydrogen-bond donors (Lipinski definition) is 1. The molecule has 1 aliphatic carbocycles. The van der Waals surface area contributed by atoms with Crippen LogP contribution >= 0.6 is 0 Å². The number of aromatic nitrogens is 1. The van der Waals surface area contributed by atoms with E-state index < -0.39 is 0 Å². The minimum atomic E-state index is 0.673. The van der Waals surface area contributed by atoms with Crippen LogP contribution in [0.1, 0.15) is 37.8 Å².